The standard InChI is InChI=1S/C37H30FNO5/c1-2-43-32(40)22-26-18-20-31(30(38)21-26)39-36(41)33-28(19-17-24-11-5-3-6-12-24)27-15-9-10-16-29(27)35(34(33)37(39)42)44-23-25-13-7-4-8-14-25/h3-16,18,20-21H,2,17,19,22-23H2,1H3. The van der Waals surface area contributed by atoms with Crippen molar-refractivity contribution >= 4 is 34.2 Å². The van der Waals surface area contributed by atoms with Gasteiger partial charge in [0.1, 0.15) is 18.2 Å². The van der Waals surface area contributed by atoms with E-state index < -0.39 is 23.6 Å². The first-order valence-corrected chi connectivity index (χ1v) is 14.6. The summed E-state index contributed by atoms with van der Waals surface area (Å²) in [6.45, 7) is 2.09. The molecule has 0 saturated carbocycles. The number of aryl methyl sites for hydroxylation is 2. The molecular weight excluding hydrogens is 557 g/mol. The van der Waals surface area contributed by atoms with Gasteiger partial charge in [-0.05, 0) is 59.5 Å². The second kappa shape index (κ2) is 12.5. The van der Waals surface area contributed by atoms with Gasteiger partial charge in [0.05, 0.1) is 29.8 Å². The number of fused-ring (bicyclic) bond motifs is 2. The smallest absolute Gasteiger partial charge is 0.310 e. The summed E-state index contributed by atoms with van der Waals surface area (Å²) < 4.78 is 26.9. The number of halogens is 1. The summed E-state index contributed by atoms with van der Waals surface area (Å²) in [5.74, 6) is -2.25. The highest BCUT2D eigenvalue weighted by Crippen LogP contribution is 2.43. The van der Waals surface area contributed by atoms with E-state index in [4.69, 9.17) is 9.47 Å². The molecule has 6 rings (SSSR count). The van der Waals surface area contributed by atoms with Crippen molar-refractivity contribution in [1.29, 1.82) is 0 Å². The number of amides is 2. The summed E-state index contributed by atoms with van der Waals surface area (Å²) in [6, 6.07) is 31.1. The number of anilines is 1. The number of hydrogen-bond acceptors (Lipinski definition) is 5. The van der Waals surface area contributed by atoms with E-state index in [1.807, 2.05) is 84.9 Å². The molecule has 2 amide bonds. The fourth-order valence-corrected chi connectivity index (χ4v) is 5.73. The number of carbonyl (C=O) groups excluding carboxylic acids is 3. The van der Waals surface area contributed by atoms with Crippen molar-refractivity contribution in [2.24, 2.45) is 0 Å². The largest absolute Gasteiger partial charge is 0.487 e. The van der Waals surface area contributed by atoms with Gasteiger partial charge in [0.25, 0.3) is 11.8 Å². The number of ether oxygens (including phenoxy) is 2. The van der Waals surface area contributed by atoms with Gasteiger partial charge in [-0.2, -0.15) is 0 Å². The second-order valence-electron chi connectivity index (χ2n) is 10.6. The maximum atomic E-state index is 15.6. The van der Waals surface area contributed by atoms with Gasteiger partial charge in [0, 0.05) is 5.39 Å². The third-order valence-electron chi connectivity index (χ3n) is 7.75. The number of benzene rings is 5. The van der Waals surface area contributed by atoms with Crippen LogP contribution in [0.25, 0.3) is 10.8 Å². The van der Waals surface area contributed by atoms with E-state index in [9.17, 15) is 14.4 Å². The highest BCUT2D eigenvalue weighted by atomic mass is 19.1. The second-order valence-corrected chi connectivity index (χ2v) is 10.6. The Bertz CT molecular complexity index is 1770. The molecule has 1 aliphatic rings. The van der Waals surface area contributed by atoms with Crippen LogP contribution in [0.5, 0.6) is 5.75 Å². The average Bonchev–Trinajstić information content (AvgIpc) is 3.29. The number of esters is 1. The van der Waals surface area contributed by atoms with Crippen LogP contribution in [-0.2, 0) is 35.4 Å². The molecule has 0 atom stereocenters. The quantitative estimate of drug-likeness (QED) is 0.127. The molecule has 0 spiro atoms. The van der Waals surface area contributed by atoms with Crippen molar-refractivity contribution in [3.63, 3.8) is 0 Å². The van der Waals surface area contributed by atoms with Crippen LogP contribution in [-0.4, -0.2) is 24.4 Å². The Morgan fingerprint density at radius 2 is 1.36 bits per heavy atom. The van der Waals surface area contributed by atoms with E-state index >= 15 is 4.39 Å². The molecule has 0 aliphatic carbocycles. The number of imide groups is 1. The minimum Gasteiger partial charge on any atom is -0.487 e. The highest BCUT2D eigenvalue weighted by Gasteiger charge is 2.43. The van der Waals surface area contributed by atoms with E-state index in [1.165, 1.54) is 12.1 Å². The predicted octanol–water partition coefficient (Wildman–Crippen LogP) is 7.25. The lowest BCUT2D eigenvalue weighted by Gasteiger charge is -2.17. The van der Waals surface area contributed by atoms with Crippen molar-refractivity contribution in [2.45, 2.75) is 32.8 Å². The van der Waals surface area contributed by atoms with Crippen LogP contribution >= 0.6 is 0 Å². The summed E-state index contributed by atoms with van der Waals surface area (Å²) in [4.78, 5) is 41.3. The fraction of sp³-hybridized carbons (Fsp3) is 0.162. The van der Waals surface area contributed by atoms with E-state index in [0.717, 1.165) is 27.5 Å². The first-order valence-electron chi connectivity index (χ1n) is 14.6. The first kappa shape index (κ1) is 28.8. The van der Waals surface area contributed by atoms with Gasteiger partial charge in [-0.1, -0.05) is 91.0 Å². The SMILES string of the molecule is CCOC(=O)Cc1ccc(N2C(=O)c3c(c(OCc4ccccc4)c4ccccc4c3CCc3ccccc3)C2=O)c(F)c1. The Kier molecular flexibility index (Phi) is 8.19. The minimum absolute atomic E-state index is 0.125. The summed E-state index contributed by atoms with van der Waals surface area (Å²) >= 11 is 0. The molecule has 0 N–H and O–H groups in total. The zero-order valence-corrected chi connectivity index (χ0v) is 24.2. The Labute approximate surface area is 254 Å². The van der Waals surface area contributed by atoms with Crippen LogP contribution in [0, 0.1) is 5.82 Å². The zero-order chi connectivity index (χ0) is 30.6. The Morgan fingerprint density at radius 3 is 2.05 bits per heavy atom. The summed E-state index contributed by atoms with van der Waals surface area (Å²) in [6.07, 6.45) is 0.999. The molecule has 5 aromatic rings. The number of hydrogen-bond donors (Lipinski definition) is 0. The van der Waals surface area contributed by atoms with Crippen molar-refractivity contribution in [2.75, 3.05) is 11.5 Å². The van der Waals surface area contributed by atoms with Crippen LogP contribution < -0.4 is 9.64 Å². The lowest BCUT2D eigenvalue weighted by atomic mass is 9.90. The molecule has 5 aromatic carbocycles. The molecule has 1 heterocycles. The van der Waals surface area contributed by atoms with Gasteiger partial charge < -0.3 is 9.47 Å². The predicted molar refractivity (Wildman–Crippen MR) is 166 cm³/mol. The summed E-state index contributed by atoms with van der Waals surface area (Å²) in [5.41, 5.74) is 3.25. The summed E-state index contributed by atoms with van der Waals surface area (Å²) in [7, 11) is 0. The van der Waals surface area contributed by atoms with E-state index in [-0.39, 0.29) is 36.4 Å². The van der Waals surface area contributed by atoms with E-state index in [0.29, 0.717) is 35.1 Å². The molecule has 0 unspecified atom stereocenters. The van der Waals surface area contributed by atoms with E-state index in [1.54, 1.807) is 6.92 Å². The lowest BCUT2D eigenvalue weighted by molar-refractivity contribution is -0.142. The normalized spacial score (nSPS) is 12.5. The summed E-state index contributed by atoms with van der Waals surface area (Å²) in [5, 5.41) is 1.51. The van der Waals surface area contributed by atoms with Gasteiger partial charge in [0.2, 0.25) is 0 Å². The monoisotopic (exact) mass is 587 g/mol. The van der Waals surface area contributed by atoms with Crippen molar-refractivity contribution < 1.29 is 28.2 Å². The molecule has 7 heteroatoms. The molecular formula is C37H30FNO5. The van der Waals surface area contributed by atoms with Crippen molar-refractivity contribution in [3.05, 3.63) is 142 Å². The van der Waals surface area contributed by atoms with Gasteiger partial charge in [0.15, 0.2) is 0 Å². The van der Waals surface area contributed by atoms with Crippen LogP contribution in [0.1, 0.15) is 49.9 Å². The van der Waals surface area contributed by atoms with Crippen molar-refractivity contribution in [3.8, 4) is 5.75 Å². The molecule has 220 valence electrons. The van der Waals surface area contributed by atoms with Crippen LogP contribution in [0.3, 0.4) is 0 Å². The third kappa shape index (κ3) is 5.56. The van der Waals surface area contributed by atoms with Gasteiger partial charge in [-0.25, -0.2) is 9.29 Å². The molecule has 0 fully saturated rings. The lowest BCUT2D eigenvalue weighted by Crippen LogP contribution is -2.30. The number of nitrogens with zero attached hydrogens (tertiary/aromatic N) is 1. The van der Waals surface area contributed by atoms with E-state index in [2.05, 4.69) is 0 Å². The molecule has 0 aromatic heterocycles. The molecule has 0 radical (unpaired) electrons. The van der Waals surface area contributed by atoms with Crippen LogP contribution in [0.15, 0.2) is 103 Å². The Hall–Kier alpha value is -5.30. The molecule has 0 saturated heterocycles. The maximum Gasteiger partial charge on any atom is 0.310 e. The van der Waals surface area contributed by atoms with Crippen LogP contribution in [0.2, 0.25) is 0 Å². The van der Waals surface area contributed by atoms with Gasteiger partial charge in [-0.15, -0.1) is 0 Å². The maximum absolute atomic E-state index is 15.6. The minimum atomic E-state index is -0.788. The molecule has 1 aliphatic heterocycles. The first-order chi connectivity index (χ1) is 21.5. The molecule has 44 heavy (non-hydrogen) atoms. The van der Waals surface area contributed by atoms with Crippen molar-refractivity contribution in [1.82, 2.24) is 0 Å². The van der Waals surface area contributed by atoms with Gasteiger partial charge >= 0.3 is 5.97 Å². The zero-order valence-electron chi connectivity index (χ0n) is 24.2. The number of rotatable bonds is 10. The van der Waals surface area contributed by atoms with Crippen LogP contribution in [0.4, 0.5) is 10.1 Å². The number of carbonyl (C=O) groups is 3. The highest BCUT2D eigenvalue weighted by molar-refractivity contribution is 6.37. The Morgan fingerprint density at radius 1 is 0.727 bits per heavy atom. The topological polar surface area (TPSA) is 72.9 Å². The Balaban J connectivity index is 1.46. The third-order valence-corrected chi connectivity index (χ3v) is 7.75. The molecule has 0 bridgehead atoms. The van der Waals surface area contributed by atoms with Gasteiger partial charge in [-0.3, -0.25) is 14.4 Å². The fourth-order valence-electron chi connectivity index (χ4n) is 5.73. The average molecular weight is 588 g/mol. The molecule has 6 nitrogen and oxygen atoms in total.